The number of nitrogens with two attached hydrogens (primary N) is 1. The van der Waals surface area contributed by atoms with Crippen molar-refractivity contribution in [2.45, 2.75) is 26.3 Å². The summed E-state index contributed by atoms with van der Waals surface area (Å²) in [6, 6.07) is 5.30. The molecule has 0 heterocycles. The van der Waals surface area contributed by atoms with Crippen molar-refractivity contribution in [2.75, 3.05) is 25.5 Å². The van der Waals surface area contributed by atoms with Crippen molar-refractivity contribution in [3.63, 3.8) is 0 Å². The predicted octanol–water partition coefficient (Wildman–Crippen LogP) is 2.60. The van der Waals surface area contributed by atoms with Crippen molar-refractivity contribution in [3.05, 3.63) is 29.6 Å². The third-order valence-corrected chi connectivity index (χ3v) is 3.61. The highest BCUT2D eigenvalue weighted by molar-refractivity contribution is 7.80. The first-order valence-corrected chi connectivity index (χ1v) is 6.90. The molecule has 1 rings (SSSR count). The molecule has 0 saturated heterocycles. The van der Waals surface area contributed by atoms with Crippen LogP contribution in [-0.2, 0) is 0 Å². The number of hydrogen-bond acceptors (Lipinski definition) is 3. The van der Waals surface area contributed by atoms with Crippen LogP contribution in [0.15, 0.2) is 18.2 Å². The number of likely N-dealkylation sites (N-methyl/N-ethyl adjacent to an activating group) is 1. The summed E-state index contributed by atoms with van der Waals surface area (Å²) in [5.41, 5.74) is 6.49. The molecule has 0 radical (unpaired) electrons. The molecule has 1 aromatic carbocycles. The molecule has 0 aliphatic rings. The van der Waals surface area contributed by atoms with Crippen molar-refractivity contribution >= 4 is 22.9 Å². The van der Waals surface area contributed by atoms with Crippen molar-refractivity contribution in [2.24, 2.45) is 5.73 Å². The molecule has 0 fully saturated rings. The maximum atomic E-state index is 13.8. The maximum absolute atomic E-state index is 13.8. The van der Waals surface area contributed by atoms with E-state index in [9.17, 15) is 4.39 Å². The lowest BCUT2D eigenvalue weighted by atomic mass is 10.2. The smallest absolute Gasteiger partial charge is 0.146 e. The first-order valence-electron chi connectivity index (χ1n) is 6.49. The summed E-state index contributed by atoms with van der Waals surface area (Å²) < 4.78 is 13.8. The maximum Gasteiger partial charge on any atom is 0.146 e. The first-order chi connectivity index (χ1) is 8.95. The van der Waals surface area contributed by atoms with Gasteiger partial charge in [-0.2, -0.15) is 0 Å². The Morgan fingerprint density at radius 2 is 2.21 bits per heavy atom. The Hall–Kier alpha value is -1.20. The number of nitrogens with zero attached hydrogens (tertiary/aromatic N) is 1. The van der Waals surface area contributed by atoms with Crippen molar-refractivity contribution < 1.29 is 4.39 Å². The van der Waals surface area contributed by atoms with E-state index < -0.39 is 0 Å². The zero-order chi connectivity index (χ0) is 14.4. The van der Waals surface area contributed by atoms with Crippen molar-refractivity contribution in [1.82, 2.24) is 4.90 Å². The molecule has 3 nitrogen and oxygen atoms in total. The average molecular weight is 283 g/mol. The molecular weight excluding hydrogens is 261 g/mol. The Balaban J connectivity index is 2.52. The van der Waals surface area contributed by atoms with E-state index in [1.807, 2.05) is 0 Å². The number of benzene rings is 1. The van der Waals surface area contributed by atoms with Gasteiger partial charge in [0.2, 0.25) is 0 Å². The molecule has 1 aromatic rings. The lowest BCUT2D eigenvalue weighted by Gasteiger charge is -2.23. The van der Waals surface area contributed by atoms with Gasteiger partial charge in [-0.25, -0.2) is 4.39 Å². The van der Waals surface area contributed by atoms with Crippen LogP contribution < -0.4 is 11.1 Å². The van der Waals surface area contributed by atoms with Gasteiger partial charge in [0.25, 0.3) is 0 Å². The summed E-state index contributed by atoms with van der Waals surface area (Å²) in [5.74, 6) is -0.323. The van der Waals surface area contributed by atoms with Gasteiger partial charge in [0.1, 0.15) is 10.8 Å². The van der Waals surface area contributed by atoms with Crippen LogP contribution in [0.2, 0.25) is 0 Å². The van der Waals surface area contributed by atoms with Crippen LogP contribution in [-0.4, -0.2) is 36.1 Å². The van der Waals surface area contributed by atoms with E-state index in [0.717, 1.165) is 13.0 Å². The van der Waals surface area contributed by atoms with Crippen LogP contribution in [0, 0.1) is 5.82 Å². The molecule has 0 aromatic heterocycles. The topological polar surface area (TPSA) is 41.3 Å². The quantitative estimate of drug-likeness (QED) is 0.755. The van der Waals surface area contributed by atoms with Crippen LogP contribution in [0.1, 0.15) is 25.8 Å². The van der Waals surface area contributed by atoms with Crippen LogP contribution in [0.5, 0.6) is 0 Å². The summed E-state index contributed by atoms with van der Waals surface area (Å²) in [4.78, 5) is 2.45. The molecule has 0 amide bonds. The average Bonchev–Trinajstić information content (AvgIpc) is 2.39. The zero-order valence-corrected chi connectivity index (χ0v) is 12.6. The van der Waals surface area contributed by atoms with Crippen LogP contribution in [0.3, 0.4) is 0 Å². The molecule has 0 aliphatic heterocycles. The van der Waals surface area contributed by atoms with E-state index in [0.29, 0.717) is 23.8 Å². The highest BCUT2D eigenvalue weighted by atomic mass is 32.1. The van der Waals surface area contributed by atoms with Gasteiger partial charge in [0.15, 0.2) is 0 Å². The number of anilines is 1. The van der Waals surface area contributed by atoms with Crippen LogP contribution in [0.4, 0.5) is 10.1 Å². The Labute approximate surface area is 120 Å². The van der Waals surface area contributed by atoms with Crippen molar-refractivity contribution in [3.8, 4) is 0 Å². The van der Waals surface area contributed by atoms with Gasteiger partial charge in [-0.1, -0.05) is 19.1 Å². The van der Waals surface area contributed by atoms with Gasteiger partial charge >= 0.3 is 0 Å². The second-order valence-electron chi connectivity index (χ2n) is 4.72. The summed E-state index contributed by atoms with van der Waals surface area (Å²) >= 11 is 4.81. The van der Waals surface area contributed by atoms with Gasteiger partial charge in [0, 0.05) is 24.7 Å². The molecule has 5 heteroatoms. The highest BCUT2D eigenvalue weighted by Gasteiger charge is 2.07. The fourth-order valence-corrected chi connectivity index (χ4v) is 1.84. The molecule has 0 saturated carbocycles. The second kappa shape index (κ2) is 7.40. The Kier molecular flexibility index (Phi) is 6.18. The first kappa shape index (κ1) is 15.9. The molecular formula is C14H22FN3S. The zero-order valence-electron chi connectivity index (χ0n) is 11.7. The minimum atomic E-state index is -0.323. The normalized spacial score (nSPS) is 12.5. The third-order valence-electron chi connectivity index (χ3n) is 3.38. The van der Waals surface area contributed by atoms with Gasteiger partial charge in [0.05, 0.1) is 5.69 Å². The molecule has 1 unspecified atom stereocenters. The lowest BCUT2D eigenvalue weighted by Crippen LogP contribution is -2.32. The van der Waals surface area contributed by atoms with E-state index >= 15 is 0 Å². The number of hydrogen-bond donors (Lipinski definition) is 2. The number of nitrogens with one attached hydrogen (secondary N) is 1. The fraction of sp³-hybridized carbons (Fsp3) is 0.500. The van der Waals surface area contributed by atoms with Gasteiger partial charge < -0.3 is 16.0 Å². The lowest BCUT2D eigenvalue weighted by molar-refractivity contribution is 0.261. The van der Waals surface area contributed by atoms with Crippen LogP contribution >= 0.6 is 12.2 Å². The van der Waals surface area contributed by atoms with Crippen molar-refractivity contribution in [1.29, 1.82) is 0 Å². The highest BCUT2D eigenvalue weighted by Crippen LogP contribution is 2.15. The predicted molar refractivity (Wildman–Crippen MR) is 83.2 cm³/mol. The van der Waals surface area contributed by atoms with Gasteiger partial charge in [-0.05, 0) is 38.6 Å². The minimum absolute atomic E-state index is 0.210. The van der Waals surface area contributed by atoms with E-state index in [4.69, 9.17) is 18.0 Å². The molecule has 0 bridgehead atoms. The SMILES string of the molecule is CCC(C)N(C)CCNc1ccc(C(N)=S)cc1F. The monoisotopic (exact) mass is 283 g/mol. The summed E-state index contributed by atoms with van der Waals surface area (Å²) in [6.07, 6.45) is 1.10. The van der Waals surface area contributed by atoms with Gasteiger partial charge in [-0.15, -0.1) is 0 Å². The third kappa shape index (κ3) is 4.76. The molecule has 19 heavy (non-hydrogen) atoms. The van der Waals surface area contributed by atoms with Crippen LogP contribution in [0.25, 0.3) is 0 Å². The largest absolute Gasteiger partial charge is 0.389 e. The number of rotatable bonds is 7. The molecule has 106 valence electrons. The summed E-state index contributed by atoms with van der Waals surface area (Å²) in [7, 11) is 2.07. The van der Waals surface area contributed by atoms with E-state index in [2.05, 4.69) is 31.1 Å². The second-order valence-corrected chi connectivity index (χ2v) is 5.16. The van der Waals surface area contributed by atoms with E-state index in [-0.39, 0.29) is 10.8 Å². The Bertz CT molecular complexity index is 437. The minimum Gasteiger partial charge on any atom is -0.389 e. The van der Waals surface area contributed by atoms with E-state index in [1.54, 1.807) is 12.1 Å². The molecule has 1 atom stereocenters. The van der Waals surface area contributed by atoms with E-state index in [1.165, 1.54) is 6.07 Å². The summed E-state index contributed by atoms with van der Waals surface area (Å²) in [5, 5.41) is 3.09. The number of thiocarbonyl (C=S) groups is 1. The van der Waals surface area contributed by atoms with Gasteiger partial charge in [-0.3, -0.25) is 0 Å². The standard InChI is InChI=1S/C14H22FN3S/c1-4-10(2)18(3)8-7-17-13-6-5-11(14(16)19)9-12(13)15/h5-6,9-10,17H,4,7-8H2,1-3H3,(H2,16,19). The molecule has 0 aliphatic carbocycles. The Morgan fingerprint density at radius 3 is 2.74 bits per heavy atom. The molecule has 3 N–H and O–H groups in total. The Morgan fingerprint density at radius 1 is 1.53 bits per heavy atom. The summed E-state index contributed by atoms with van der Waals surface area (Å²) in [6.45, 7) is 5.90. The number of halogens is 1. The fourth-order valence-electron chi connectivity index (χ4n) is 1.71. The molecule has 0 spiro atoms.